The third-order valence-electron chi connectivity index (χ3n) is 3.85. The molecule has 1 aliphatic rings. The normalized spacial score (nSPS) is 21.9. The average Bonchev–Trinajstić information content (AvgIpc) is 2.87. The highest BCUT2D eigenvalue weighted by atomic mass is 32.2. The Labute approximate surface area is 128 Å². The summed E-state index contributed by atoms with van der Waals surface area (Å²) in [7, 11) is 0. The molecule has 1 saturated carbocycles. The lowest BCUT2D eigenvalue weighted by Gasteiger charge is -2.18. The van der Waals surface area contributed by atoms with Gasteiger partial charge >= 0.3 is 5.69 Å². The van der Waals surface area contributed by atoms with Gasteiger partial charge in [-0.25, -0.2) is 4.79 Å². The molecule has 21 heavy (non-hydrogen) atoms. The Balaban J connectivity index is 2.27. The zero-order valence-corrected chi connectivity index (χ0v) is 13.6. The van der Waals surface area contributed by atoms with E-state index in [0.29, 0.717) is 17.5 Å². The van der Waals surface area contributed by atoms with E-state index in [9.17, 15) is 9.59 Å². The predicted molar refractivity (Wildman–Crippen MR) is 89.1 cm³/mol. The molecule has 6 nitrogen and oxygen atoms in total. The van der Waals surface area contributed by atoms with Crippen molar-refractivity contribution in [1.29, 1.82) is 0 Å². The summed E-state index contributed by atoms with van der Waals surface area (Å²) in [5.41, 5.74) is 5.52. The molecule has 7 heteroatoms. The highest BCUT2D eigenvalue weighted by Gasteiger charge is 2.25. The van der Waals surface area contributed by atoms with Crippen molar-refractivity contribution in [3.05, 3.63) is 20.8 Å². The molecular weight excluding hydrogens is 288 g/mol. The summed E-state index contributed by atoms with van der Waals surface area (Å²) < 4.78 is 1.44. The van der Waals surface area contributed by atoms with Gasteiger partial charge in [0.05, 0.1) is 0 Å². The number of anilines is 2. The lowest BCUT2D eigenvalue weighted by molar-refractivity contribution is 0.508. The lowest BCUT2D eigenvalue weighted by atomic mass is 10.2. The zero-order valence-electron chi connectivity index (χ0n) is 12.8. The van der Waals surface area contributed by atoms with Crippen LogP contribution in [0.4, 0.5) is 11.5 Å². The number of hydrogen-bond donors (Lipinski definition) is 3. The van der Waals surface area contributed by atoms with Crippen LogP contribution in [0, 0.1) is 5.92 Å². The van der Waals surface area contributed by atoms with Gasteiger partial charge in [0.1, 0.15) is 11.5 Å². The number of hydrogen-bond acceptors (Lipinski definition) is 5. The fourth-order valence-corrected chi connectivity index (χ4v) is 3.56. The summed E-state index contributed by atoms with van der Waals surface area (Å²) >= 11 is 1.86. The zero-order chi connectivity index (χ0) is 15.6. The maximum absolute atomic E-state index is 12.0. The summed E-state index contributed by atoms with van der Waals surface area (Å²) in [6, 6.07) is 0.246. The maximum atomic E-state index is 12.0. The van der Waals surface area contributed by atoms with E-state index < -0.39 is 11.2 Å². The number of aromatic nitrogens is 2. The molecule has 1 aliphatic carbocycles. The summed E-state index contributed by atoms with van der Waals surface area (Å²) in [6.07, 6.45) is 5.29. The van der Waals surface area contributed by atoms with E-state index in [1.54, 1.807) is 0 Å². The van der Waals surface area contributed by atoms with Crippen molar-refractivity contribution >= 4 is 23.3 Å². The second-order valence-electron chi connectivity index (χ2n) is 6.04. The standard InChI is InChI=1S/C14H24N4O2S/c1-8(2)7-18-12(15)11(13(19)17-14(18)20)16-9-4-5-10(6-9)21-3/h8-10,16H,4-7,15H2,1-3H3,(H,17,19,20). The van der Waals surface area contributed by atoms with Gasteiger partial charge in [-0.1, -0.05) is 13.8 Å². The first kappa shape index (κ1) is 16.0. The van der Waals surface area contributed by atoms with Crippen molar-refractivity contribution in [3.63, 3.8) is 0 Å². The number of nitrogens with zero attached hydrogens (tertiary/aromatic N) is 1. The van der Waals surface area contributed by atoms with Crippen molar-refractivity contribution in [1.82, 2.24) is 9.55 Å². The van der Waals surface area contributed by atoms with E-state index in [4.69, 9.17) is 5.73 Å². The average molecular weight is 312 g/mol. The number of rotatable bonds is 5. The molecule has 1 aromatic heterocycles. The molecule has 0 aliphatic heterocycles. The minimum absolute atomic E-state index is 0.241. The van der Waals surface area contributed by atoms with Gasteiger partial charge in [-0.3, -0.25) is 14.3 Å². The van der Waals surface area contributed by atoms with Crippen molar-refractivity contribution in [2.75, 3.05) is 17.3 Å². The number of H-pyrrole nitrogens is 1. The molecule has 2 rings (SSSR count). The van der Waals surface area contributed by atoms with E-state index in [2.05, 4.69) is 16.6 Å². The summed E-state index contributed by atoms with van der Waals surface area (Å²) in [5.74, 6) is 0.515. The second kappa shape index (κ2) is 6.60. The van der Waals surface area contributed by atoms with Crippen molar-refractivity contribution in [2.45, 2.75) is 50.9 Å². The molecule has 0 saturated heterocycles. The van der Waals surface area contributed by atoms with Crippen molar-refractivity contribution in [2.24, 2.45) is 5.92 Å². The van der Waals surface area contributed by atoms with E-state index in [0.717, 1.165) is 19.3 Å². The fraction of sp³-hybridized carbons (Fsp3) is 0.714. The Kier molecular flexibility index (Phi) is 5.03. The number of aromatic amines is 1. The molecule has 4 N–H and O–H groups in total. The molecular formula is C14H24N4O2S. The van der Waals surface area contributed by atoms with Gasteiger partial charge < -0.3 is 11.1 Å². The number of thioether (sulfide) groups is 1. The van der Waals surface area contributed by atoms with E-state index in [1.165, 1.54) is 4.57 Å². The molecule has 0 aromatic carbocycles. The van der Waals surface area contributed by atoms with E-state index in [1.807, 2.05) is 25.6 Å². The van der Waals surface area contributed by atoms with Gasteiger partial charge in [0, 0.05) is 17.8 Å². The summed E-state index contributed by atoms with van der Waals surface area (Å²) in [4.78, 5) is 26.3. The van der Waals surface area contributed by atoms with Crippen LogP contribution < -0.4 is 22.3 Å². The van der Waals surface area contributed by atoms with Crippen LogP contribution in [0.15, 0.2) is 9.59 Å². The van der Waals surface area contributed by atoms with Crippen molar-refractivity contribution < 1.29 is 0 Å². The largest absolute Gasteiger partial charge is 0.383 e. The Bertz CT molecular complexity index is 608. The van der Waals surface area contributed by atoms with Crippen LogP contribution >= 0.6 is 11.8 Å². The molecule has 2 atom stereocenters. The van der Waals surface area contributed by atoms with Gasteiger partial charge in [0.15, 0.2) is 0 Å². The Hall–Kier alpha value is -1.37. The first-order chi connectivity index (χ1) is 9.92. The molecule has 0 amide bonds. The van der Waals surface area contributed by atoms with Gasteiger partial charge in [-0.05, 0) is 31.4 Å². The molecule has 1 heterocycles. The molecule has 118 valence electrons. The molecule has 1 aromatic rings. The first-order valence-corrected chi connectivity index (χ1v) is 8.63. The first-order valence-electron chi connectivity index (χ1n) is 7.34. The van der Waals surface area contributed by atoms with Crippen LogP contribution in [0.1, 0.15) is 33.1 Å². The molecule has 0 radical (unpaired) electrons. The van der Waals surface area contributed by atoms with Gasteiger partial charge in [-0.15, -0.1) is 0 Å². The third kappa shape index (κ3) is 3.64. The highest BCUT2D eigenvalue weighted by Crippen LogP contribution is 2.30. The molecule has 1 fully saturated rings. The number of nitrogens with one attached hydrogen (secondary N) is 2. The van der Waals surface area contributed by atoms with Crippen LogP contribution in [-0.2, 0) is 6.54 Å². The molecule has 0 bridgehead atoms. The summed E-state index contributed by atoms with van der Waals surface area (Å²) in [5, 5.41) is 3.87. The minimum atomic E-state index is -0.440. The maximum Gasteiger partial charge on any atom is 0.330 e. The number of nitrogen functional groups attached to an aromatic ring is 1. The summed E-state index contributed by atoms with van der Waals surface area (Å²) in [6.45, 7) is 4.50. The van der Waals surface area contributed by atoms with Crippen LogP contribution in [0.2, 0.25) is 0 Å². The minimum Gasteiger partial charge on any atom is -0.383 e. The second-order valence-corrected chi connectivity index (χ2v) is 7.17. The van der Waals surface area contributed by atoms with E-state index in [-0.39, 0.29) is 17.8 Å². The van der Waals surface area contributed by atoms with E-state index >= 15 is 0 Å². The van der Waals surface area contributed by atoms with Gasteiger partial charge in [0.2, 0.25) is 0 Å². The smallest absolute Gasteiger partial charge is 0.330 e. The Morgan fingerprint density at radius 3 is 2.71 bits per heavy atom. The van der Waals surface area contributed by atoms with Crippen LogP contribution in [0.25, 0.3) is 0 Å². The molecule has 2 unspecified atom stereocenters. The fourth-order valence-electron chi connectivity index (χ4n) is 2.76. The van der Waals surface area contributed by atoms with Crippen LogP contribution in [-0.4, -0.2) is 27.1 Å². The Morgan fingerprint density at radius 1 is 1.43 bits per heavy atom. The highest BCUT2D eigenvalue weighted by molar-refractivity contribution is 7.99. The van der Waals surface area contributed by atoms with Gasteiger partial charge in [-0.2, -0.15) is 11.8 Å². The van der Waals surface area contributed by atoms with Gasteiger partial charge in [0.25, 0.3) is 5.56 Å². The quantitative estimate of drug-likeness (QED) is 0.765. The molecule has 0 spiro atoms. The predicted octanol–water partition coefficient (Wildman–Crippen LogP) is 1.47. The topological polar surface area (TPSA) is 92.9 Å². The third-order valence-corrected chi connectivity index (χ3v) is 4.95. The lowest BCUT2D eigenvalue weighted by Crippen LogP contribution is -2.36. The SMILES string of the molecule is CSC1CCC(Nc2c(N)n(CC(C)C)c(=O)[nH]c2=O)C1. The monoisotopic (exact) mass is 312 g/mol. The van der Waals surface area contributed by atoms with Crippen LogP contribution in [0.3, 0.4) is 0 Å². The number of nitrogens with two attached hydrogens (primary N) is 1. The Morgan fingerprint density at radius 2 is 2.14 bits per heavy atom. The van der Waals surface area contributed by atoms with Crippen molar-refractivity contribution in [3.8, 4) is 0 Å². The van der Waals surface area contributed by atoms with Crippen LogP contribution in [0.5, 0.6) is 0 Å².